The number of halogens is 3. The van der Waals surface area contributed by atoms with Gasteiger partial charge in [-0.25, -0.2) is 9.79 Å². The van der Waals surface area contributed by atoms with Gasteiger partial charge in [0.25, 0.3) is 0 Å². The summed E-state index contributed by atoms with van der Waals surface area (Å²) in [5.74, 6) is -0.398. The number of fused-ring (bicyclic) bond motifs is 1. The third-order valence-electron chi connectivity index (χ3n) is 2.74. The number of thioether (sulfide) groups is 1. The van der Waals surface area contributed by atoms with E-state index in [1.165, 1.54) is 23.9 Å². The highest BCUT2D eigenvalue weighted by atomic mass is 32.2. The van der Waals surface area contributed by atoms with E-state index >= 15 is 0 Å². The highest BCUT2D eigenvalue weighted by molar-refractivity contribution is 7.98. The zero-order chi connectivity index (χ0) is 14.9. The first-order valence-electron chi connectivity index (χ1n) is 5.84. The number of nitrogens with zero attached hydrogens (tertiary/aromatic N) is 1. The topological polar surface area (TPSA) is 38.7 Å². The summed E-state index contributed by atoms with van der Waals surface area (Å²) < 4.78 is 43.9. The molecule has 1 aliphatic heterocycles. The largest absolute Gasteiger partial charge is 0.417 e. The number of alkyl halides is 3. The Morgan fingerprint density at radius 1 is 1.40 bits per heavy atom. The average Bonchev–Trinajstić information content (AvgIpc) is 2.65. The molecule has 3 nitrogen and oxygen atoms in total. The summed E-state index contributed by atoms with van der Waals surface area (Å²) in [6.45, 7) is 1.76. The van der Waals surface area contributed by atoms with Gasteiger partial charge < -0.3 is 4.74 Å². The van der Waals surface area contributed by atoms with Gasteiger partial charge in [-0.2, -0.15) is 24.9 Å². The van der Waals surface area contributed by atoms with Gasteiger partial charge in [-0.1, -0.05) is 6.07 Å². The molecule has 1 heterocycles. The van der Waals surface area contributed by atoms with E-state index in [1.807, 2.05) is 6.26 Å². The first-order chi connectivity index (χ1) is 9.34. The van der Waals surface area contributed by atoms with Gasteiger partial charge in [0.2, 0.25) is 5.90 Å². The van der Waals surface area contributed by atoms with Crippen LogP contribution in [0.4, 0.5) is 13.2 Å². The van der Waals surface area contributed by atoms with E-state index in [1.54, 1.807) is 6.92 Å². The van der Waals surface area contributed by atoms with Crippen molar-refractivity contribution in [2.45, 2.75) is 19.1 Å². The summed E-state index contributed by atoms with van der Waals surface area (Å²) >= 11 is 1.52. The van der Waals surface area contributed by atoms with Gasteiger partial charge in [-0.15, -0.1) is 0 Å². The molecule has 0 unspecified atom stereocenters. The Bertz CT molecular complexity index is 569. The predicted octanol–water partition coefficient (Wildman–Crippen LogP) is 3.37. The third-order valence-corrected chi connectivity index (χ3v) is 3.55. The van der Waals surface area contributed by atoms with Gasteiger partial charge in [-0.05, 0) is 25.3 Å². The molecule has 108 valence electrons. The van der Waals surface area contributed by atoms with Crippen LogP contribution in [0.3, 0.4) is 0 Å². The minimum Gasteiger partial charge on any atom is -0.404 e. The van der Waals surface area contributed by atoms with Crippen molar-refractivity contribution in [1.29, 1.82) is 0 Å². The number of rotatable bonds is 3. The smallest absolute Gasteiger partial charge is 0.404 e. The normalized spacial score (nSPS) is 18.1. The second-order valence-corrected chi connectivity index (χ2v) is 5.26. The minimum absolute atomic E-state index is 0.0880. The fourth-order valence-corrected chi connectivity index (χ4v) is 2.51. The maximum absolute atomic E-state index is 13.0. The highest BCUT2D eigenvalue weighted by Crippen LogP contribution is 2.36. The molecule has 0 spiro atoms. The number of carbonyl (C=O) groups is 1. The number of cyclic esters (lactones) is 1. The van der Waals surface area contributed by atoms with Crippen molar-refractivity contribution < 1.29 is 22.7 Å². The highest BCUT2D eigenvalue weighted by Gasteiger charge is 2.41. The number of carbonyl (C=O) groups excluding carboxylic acids is 1. The van der Waals surface area contributed by atoms with Crippen LogP contribution in [0, 0.1) is 0 Å². The van der Waals surface area contributed by atoms with Crippen LogP contribution in [0.15, 0.2) is 23.2 Å². The Balaban J connectivity index is 2.53. The lowest BCUT2D eigenvalue weighted by Gasteiger charge is -2.11. The Labute approximate surface area is 118 Å². The third kappa shape index (κ3) is 2.82. The molecule has 2 rings (SSSR count). The SMILES string of the molecule is CSC[C@H](C)N=C1OC(=O)c2cccc(C(F)(F)F)c21. The lowest BCUT2D eigenvalue weighted by Crippen LogP contribution is -2.14. The first-order valence-corrected chi connectivity index (χ1v) is 7.23. The maximum atomic E-state index is 13.0. The summed E-state index contributed by atoms with van der Waals surface area (Å²) in [5.41, 5.74) is -1.23. The maximum Gasteiger partial charge on any atom is 0.417 e. The Kier molecular flexibility index (Phi) is 4.08. The molecule has 0 N–H and O–H groups in total. The molecule has 0 saturated heterocycles. The fourth-order valence-electron chi connectivity index (χ4n) is 1.95. The molecule has 0 aromatic heterocycles. The van der Waals surface area contributed by atoms with Gasteiger partial charge >= 0.3 is 12.1 Å². The van der Waals surface area contributed by atoms with E-state index in [0.717, 1.165) is 6.07 Å². The molecule has 0 fully saturated rings. The van der Waals surface area contributed by atoms with Crippen LogP contribution in [0.1, 0.15) is 28.4 Å². The summed E-state index contributed by atoms with van der Waals surface area (Å²) in [6, 6.07) is 3.20. The molecule has 7 heteroatoms. The van der Waals surface area contributed by atoms with E-state index in [-0.39, 0.29) is 23.1 Å². The van der Waals surface area contributed by atoms with Crippen LogP contribution in [0.25, 0.3) is 0 Å². The van der Waals surface area contributed by atoms with Crippen LogP contribution >= 0.6 is 11.8 Å². The van der Waals surface area contributed by atoms with Gasteiger partial charge in [0.15, 0.2) is 0 Å². The van der Waals surface area contributed by atoms with Gasteiger partial charge in [0.05, 0.1) is 22.7 Å². The zero-order valence-corrected chi connectivity index (χ0v) is 11.6. The predicted molar refractivity (Wildman–Crippen MR) is 71.2 cm³/mol. The summed E-state index contributed by atoms with van der Waals surface area (Å²) in [4.78, 5) is 15.7. The molecule has 1 aromatic rings. The van der Waals surface area contributed by atoms with Crippen molar-refractivity contribution in [3.63, 3.8) is 0 Å². The van der Waals surface area contributed by atoms with Gasteiger partial charge in [0.1, 0.15) is 0 Å². The molecule has 0 aliphatic carbocycles. The molecule has 0 amide bonds. The van der Waals surface area contributed by atoms with Crippen molar-refractivity contribution in [2.75, 3.05) is 12.0 Å². The van der Waals surface area contributed by atoms with E-state index < -0.39 is 17.7 Å². The van der Waals surface area contributed by atoms with E-state index in [9.17, 15) is 18.0 Å². The van der Waals surface area contributed by atoms with Crippen LogP contribution in [-0.4, -0.2) is 29.9 Å². The summed E-state index contributed by atoms with van der Waals surface area (Å²) in [5, 5.41) is 0. The summed E-state index contributed by atoms with van der Waals surface area (Å²) in [7, 11) is 0. The standard InChI is InChI=1S/C13H12F3NO2S/c1-7(6-20-2)17-11-10-8(12(18)19-11)4-3-5-9(10)13(14,15)16/h3-5,7H,6H2,1-2H3/t7-/m0/s1. The lowest BCUT2D eigenvalue weighted by atomic mass is 10.0. The number of aliphatic imine (C=N–C) groups is 1. The monoisotopic (exact) mass is 303 g/mol. The van der Waals surface area contributed by atoms with Crippen molar-refractivity contribution >= 4 is 23.6 Å². The molecular weight excluding hydrogens is 291 g/mol. The van der Waals surface area contributed by atoms with E-state index in [2.05, 4.69) is 4.99 Å². The second kappa shape index (κ2) is 5.47. The van der Waals surface area contributed by atoms with Crippen LogP contribution in [0.5, 0.6) is 0 Å². The quantitative estimate of drug-likeness (QED) is 0.804. The molecule has 20 heavy (non-hydrogen) atoms. The van der Waals surface area contributed by atoms with E-state index in [4.69, 9.17) is 4.74 Å². The molecule has 1 aliphatic rings. The van der Waals surface area contributed by atoms with Gasteiger partial charge in [-0.3, -0.25) is 0 Å². The number of benzene rings is 1. The van der Waals surface area contributed by atoms with Crippen molar-refractivity contribution in [3.05, 3.63) is 34.9 Å². The molecule has 0 radical (unpaired) electrons. The van der Waals surface area contributed by atoms with Crippen molar-refractivity contribution in [3.8, 4) is 0 Å². The number of esters is 1. The van der Waals surface area contributed by atoms with Crippen LogP contribution in [0.2, 0.25) is 0 Å². The van der Waals surface area contributed by atoms with Gasteiger partial charge in [0, 0.05) is 5.75 Å². The van der Waals surface area contributed by atoms with Crippen LogP contribution < -0.4 is 0 Å². The van der Waals surface area contributed by atoms with Crippen LogP contribution in [-0.2, 0) is 10.9 Å². The zero-order valence-electron chi connectivity index (χ0n) is 10.8. The summed E-state index contributed by atoms with van der Waals surface area (Å²) in [6.07, 6.45) is -2.69. The Morgan fingerprint density at radius 2 is 2.10 bits per heavy atom. The molecule has 0 bridgehead atoms. The van der Waals surface area contributed by atoms with Crippen molar-refractivity contribution in [1.82, 2.24) is 0 Å². The molecule has 1 atom stereocenters. The second-order valence-electron chi connectivity index (χ2n) is 4.35. The lowest BCUT2D eigenvalue weighted by molar-refractivity contribution is -0.137. The fraction of sp³-hybridized carbons (Fsp3) is 0.385. The Morgan fingerprint density at radius 3 is 2.70 bits per heavy atom. The number of hydrogen-bond donors (Lipinski definition) is 0. The molecule has 1 aromatic carbocycles. The van der Waals surface area contributed by atoms with Crippen molar-refractivity contribution in [2.24, 2.45) is 4.99 Å². The average molecular weight is 303 g/mol. The number of hydrogen-bond acceptors (Lipinski definition) is 4. The molecular formula is C13H12F3NO2S. The Hall–Kier alpha value is -1.50. The molecule has 0 saturated carbocycles. The number of ether oxygens (including phenoxy) is 1. The first kappa shape index (κ1) is 14.9. The van der Waals surface area contributed by atoms with E-state index in [0.29, 0.717) is 5.75 Å². The minimum atomic E-state index is -4.55.